The van der Waals surface area contributed by atoms with Gasteiger partial charge in [-0.25, -0.2) is 4.98 Å². The molecule has 0 aliphatic heterocycles. The summed E-state index contributed by atoms with van der Waals surface area (Å²) in [6.45, 7) is 8.82. The maximum absolute atomic E-state index is 13.0. The normalized spacial score (nSPS) is 11.0. The molecule has 2 aromatic rings. The average molecular weight is 499 g/mol. The second kappa shape index (κ2) is 12.2. The number of halogens is 2. The third kappa shape index (κ3) is 8.41. The van der Waals surface area contributed by atoms with Crippen LogP contribution >= 0.6 is 34.5 Å². The van der Waals surface area contributed by atoms with E-state index in [9.17, 15) is 14.4 Å². The quantitative estimate of drug-likeness (QED) is 0.504. The molecular formula is C22H28Cl2N4O3S. The van der Waals surface area contributed by atoms with Crippen molar-refractivity contribution in [3.8, 4) is 0 Å². The van der Waals surface area contributed by atoms with Crippen LogP contribution in [0.15, 0.2) is 23.6 Å². The van der Waals surface area contributed by atoms with E-state index in [1.807, 2.05) is 27.7 Å². The summed E-state index contributed by atoms with van der Waals surface area (Å²) in [7, 11) is 0. The number of nitrogens with one attached hydrogen (secondary N) is 2. The number of amides is 3. The lowest BCUT2D eigenvalue weighted by Gasteiger charge is -2.24. The van der Waals surface area contributed by atoms with Gasteiger partial charge in [-0.3, -0.25) is 14.4 Å². The zero-order valence-corrected chi connectivity index (χ0v) is 20.9. The summed E-state index contributed by atoms with van der Waals surface area (Å²) in [6.07, 6.45) is 0.147. The van der Waals surface area contributed by atoms with Crippen molar-refractivity contribution in [3.05, 3.63) is 44.9 Å². The Morgan fingerprint density at radius 1 is 1.06 bits per heavy atom. The molecule has 0 fully saturated rings. The molecule has 0 unspecified atom stereocenters. The van der Waals surface area contributed by atoms with Gasteiger partial charge in [0.2, 0.25) is 11.8 Å². The van der Waals surface area contributed by atoms with E-state index in [2.05, 4.69) is 15.6 Å². The summed E-state index contributed by atoms with van der Waals surface area (Å²) in [5.41, 5.74) is 0.939. The molecule has 174 valence electrons. The summed E-state index contributed by atoms with van der Waals surface area (Å²) in [5, 5.41) is 8.30. The fraction of sp³-hybridized carbons (Fsp3) is 0.455. The van der Waals surface area contributed by atoms with Crippen LogP contribution in [0, 0.1) is 11.8 Å². The first kappa shape index (κ1) is 26.1. The molecule has 0 saturated heterocycles. The lowest BCUT2D eigenvalue weighted by molar-refractivity contribution is -0.120. The number of nitrogens with zero attached hydrogens (tertiary/aromatic N) is 2. The number of aromatic nitrogens is 1. The second-order valence-corrected chi connectivity index (χ2v) is 9.95. The Bertz CT molecular complexity index is 962. The number of rotatable bonds is 10. The molecule has 0 atom stereocenters. The van der Waals surface area contributed by atoms with Crippen LogP contribution in [-0.4, -0.2) is 47.2 Å². The Morgan fingerprint density at radius 3 is 2.41 bits per heavy atom. The molecule has 0 saturated carbocycles. The van der Waals surface area contributed by atoms with Gasteiger partial charge in [0, 0.05) is 24.0 Å². The summed E-state index contributed by atoms with van der Waals surface area (Å²) in [4.78, 5) is 43.3. The van der Waals surface area contributed by atoms with Gasteiger partial charge in [0.15, 0.2) is 5.13 Å². The number of thiazole rings is 1. The van der Waals surface area contributed by atoms with Crippen molar-refractivity contribution in [2.75, 3.05) is 25.0 Å². The topological polar surface area (TPSA) is 91.4 Å². The first-order valence-corrected chi connectivity index (χ1v) is 11.9. The Hall–Kier alpha value is -2.16. The Labute approximate surface area is 202 Å². The van der Waals surface area contributed by atoms with Crippen molar-refractivity contribution >= 4 is 57.4 Å². The van der Waals surface area contributed by atoms with Gasteiger partial charge >= 0.3 is 0 Å². The van der Waals surface area contributed by atoms with E-state index in [4.69, 9.17) is 23.2 Å². The smallest absolute Gasteiger partial charge is 0.254 e. The van der Waals surface area contributed by atoms with E-state index in [1.165, 1.54) is 22.3 Å². The summed E-state index contributed by atoms with van der Waals surface area (Å²) in [5.74, 6) is -0.273. The van der Waals surface area contributed by atoms with Crippen molar-refractivity contribution in [2.45, 2.75) is 34.1 Å². The number of hydrogen-bond acceptors (Lipinski definition) is 5. The number of anilines is 1. The molecule has 7 nitrogen and oxygen atoms in total. The minimum Gasteiger partial charge on any atom is -0.356 e. The molecule has 0 radical (unpaired) electrons. The molecule has 1 heterocycles. The second-order valence-electron chi connectivity index (χ2n) is 8.28. The first-order chi connectivity index (χ1) is 15.0. The van der Waals surface area contributed by atoms with Crippen LogP contribution in [0.5, 0.6) is 0 Å². The number of benzene rings is 1. The highest BCUT2D eigenvalue weighted by atomic mass is 35.5. The molecule has 0 aliphatic rings. The highest BCUT2D eigenvalue weighted by molar-refractivity contribution is 7.13. The SMILES string of the molecule is CC(C)CNC(=O)Cc1csc(NC(=O)CN(CC(C)C)C(=O)c2ccc(Cl)c(Cl)c2)n1. The van der Waals surface area contributed by atoms with E-state index >= 15 is 0 Å². The lowest BCUT2D eigenvalue weighted by atomic mass is 10.1. The van der Waals surface area contributed by atoms with Gasteiger partial charge in [-0.1, -0.05) is 50.9 Å². The van der Waals surface area contributed by atoms with Crippen LogP contribution in [0.1, 0.15) is 43.7 Å². The molecule has 0 spiro atoms. The Morgan fingerprint density at radius 2 is 1.78 bits per heavy atom. The van der Waals surface area contributed by atoms with Crippen LogP contribution in [0.3, 0.4) is 0 Å². The average Bonchev–Trinajstić information content (AvgIpc) is 3.13. The van der Waals surface area contributed by atoms with E-state index in [0.29, 0.717) is 40.4 Å². The highest BCUT2D eigenvalue weighted by Crippen LogP contribution is 2.23. The van der Waals surface area contributed by atoms with Gasteiger partial charge in [-0.2, -0.15) is 0 Å². The largest absolute Gasteiger partial charge is 0.356 e. The van der Waals surface area contributed by atoms with E-state index in [0.717, 1.165) is 0 Å². The number of hydrogen-bond donors (Lipinski definition) is 2. The van der Waals surface area contributed by atoms with Crippen molar-refractivity contribution in [1.82, 2.24) is 15.2 Å². The maximum atomic E-state index is 13.0. The minimum atomic E-state index is -0.371. The molecule has 2 N–H and O–H groups in total. The summed E-state index contributed by atoms with van der Waals surface area (Å²) >= 11 is 13.2. The predicted molar refractivity (Wildman–Crippen MR) is 129 cm³/mol. The summed E-state index contributed by atoms with van der Waals surface area (Å²) < 4.78 is 0. The van der Waals surface area contributed by atoms with Crippen LogP contribution in [0.2, 0.25) is 10.0 Å². The van der Waals surface area contributed by atoms with Crippen LogP contribution < -0.4 is 10.6 Å². The third-order valence-corrected chi connectivity index (χ3v) is 5.77. The van der Waals surface area contributed by atoms with Crippen LogP contribution in [0.4, 0.5) is 5.13 Å². The first-order valence-electron chi connectivity index (χ1n) is 10.3. The lowest BCUT2D eigenvalue weighted by Crippen LogP contribution is -2.40. The molecular weight excluding hydrogens is 471 g/mol. The van der Waals surface area contributed by atoms with Gasteiger partial charge in [0.05, 0.1) is 22.2 Å². The van der Waals surface area contributed by atoms with E-state index in [1.54, 1.807) is 17.5 Å². The van der Waals surface area contributed by atoms with Gasteiger partial charge in [-0.15, -0.1) is 11.3 Å². The van der Waals surface area contributed by atoms with Crippen molar-refractivity contribution in [3.63, 3.8) is 0 Å². The van der Waals surface area contributed by atoms with Gasteiger partial charge < -0.3 is 15.5 Å². The maximum Gasteiger partial charge on any atom is 0.254 e. The zero-order valence-electron chi connectivity index (χ0n) is 18.6. The van der Waals surface area contributed by atoms with Gasteiger partial charge in [-0.05, 0) is 30.0 Å². The molecule has 2 rings (SSSR count). The molecule has 1 aromatic heterocycles. The predicted octanol–water partition coefficient (Wildman–Crippen LogP) is 4.50. The number of carbonyl (C=O) groups is 3. The molecule has 0 bridgehead atoms. The Balaban J connectivity index is 2.00. The van der Waals surface area contributed by atoms with E-state index < -0.39 is 0 Å². The fourth-order valence-electron chi connectivity index (χ4n) is 2.79. The highest BCUT2D eigenvalue weighted by Gasteiger charge is 2.21. The molecule has 1 aromatic carbocycles. The van der Waals surface area contributed by atoms with Crippen molar-refractivity contribution in [1.29, 1.82) is 0 Å². The zero-order chi connectivity index (χ0) is 23.8. The molecule has 0 aliphatic carbocycles. The molecule has 32 heavy (non-hydrogen) atoms. The Kier molecular flexibility index (Phi) is 9.93. The fourth-order valence-corrected chi connectivity index (χ4v) is 3.82. The van der Waals surface area contributed by atoms with Crippen LogP contribution in [0.25, 0.3) is 0 Å². The third-order valence-electron chi connectivity index (χ3n) is 4.22. The van der Waals surface area contributed by atoms with E-state index in [-0.39, 0.29) is 41.6 Å². The van der Waals surface area contributed by atoms with Crippen LogP contribution in [-0.2, 0) is 16.0 Å². The van der Waals surface area contributed by atoms with Gasteiger partial charge in [0.1, 0.15) is 6.54 Å². The van der Waals surface area contributed by atoms with Gasteiger partial charge in [0.25, 0.3) is 5.91 Å². The molecule has 3 amide bonds. The summed E-state index contributed by atoms with van der Waals surface area (Å²) in [6, 6.07) is 4.63. The standard InChI is InChI=1S/C22H28Cl2N4O3S/c1-13(2)9-25-19(29)8-16-12-32-22(26-16)27-20(30)11-28(10-14(3)4)21(31)15-5-6-17(23)18(24)7-15/h5-7,12-14H,8-11H2,1-4H3,(H,25,29)(H,26,27,30). The van der Waals surface area contributed by atoms with Crippen molar-refractivity contribution in [2.24, 2.45) is 11.8 Å². The monoisotopic (exact) mass is 498 g/mol. The molecule has 10 heteroatoms. The minimum absolute atomic E-state index is 0.114. The number of carbonyl (C=O) groups excluding carboxylic acids is 3. The van der Waals surface area contributed by atoms with Crippen molar-refractivity contribution < 1.29 is 14.4 Å².